The molecular formula is C24H23N5O4. The highest BCUT2D eigenvalue weighted by Crippen LogP contribution is 2.38. The van der Waals surface area contributed by atoms with Crippen LogP contribution in [-0.2, 0) is 6.61 Å². The van der Waals surface area contributed by atoms with E-state index in [0.717, 1.165) is 27.7 Å². The van der Waals surface area contributed by atoms with Crippen LogP contribution in [-0.4, -0.2) is 28.2 Å². The predicted molar refractivity (Wildman–Crippen MR) is 127 cm³/mol. The number of rotatable bonds is 8. The van der Waals surface area contributed by atoms with Gasteiger partial charge in [-0.25, -0.2) is 10.4 Å². The molecule has 9 heteroatoms. The van der Waals surface area contributed by atoms with Gasteiger partial charge in [0.05, 0.1) is 29.3 Å². The summed E-state index contributed by atoms with van der Waals surface area (Å²) < 4.78 is 11.2. The first-order chi connectivity index (χ1) is 15.9. The first kappa shape index (κ1) is 21.8. The van der Waals surface area contributed by atoms with Crippen molar-refractivity contribution in [1.29, 1.82) is 0 Å². The van der Waals surface area contributed by atoms with E-state index in [1.165, 1.54) is 19.4 Å². The number of aromatic nitrogens is 2. The summed E-state index contributed by atoms with van der Waals surface area (Å²) in [6.07, 6.45) is 1.46. The Balaban J connectivity index is 1.56. The van der Waals surface area contributed by atoms with E-state index in [4.69, 9.17) is 9.47 Å². The Morgan fingerprint density at radius 3 is 2.76 bits per heavy atom. The van der Waals surface area contributed by atoms with Crippen LogP contribution in [0.5, 0.6) is 11.5 Å². The summed E-state index contributed by atoms with van der Waals surface area (Å²) in [5, 5.41) is 15.9. The number of benzene rings is 3. The van der Waals surface area contributed by atoms with Crippen LogP contribution in [0.3, 0.4) is 0 Å². The van der Waals surface area contributed by atoms with E-state index in [1.54, 1.807) is 6.07 Å². The number of hydrogen-bond donors (Lipinski definition) is 2. The molecule has 1 heterocycles. The largest absolute Gasteiger partial charge is 0.493 e. The third kappa shape index (κ3) is 4.93. The quantitative estimate of drug-likeness (QED) is 0.221. The highest BCUT2D eigenvalue weighted by Gasteiger charge is 2.22. The Kier molecular flexibility index (Phi) is 6.21. The van der Waals surface area contributed by atoms with Crippen LogP contribution >= 0.6 is 0 Å². The second-order valence-electron chi connectivity index (χ2n) is 7.52. The van der Waals surface area contributed by atoms with Gasteiger partial charge in [-0.15, -0.1) is 0 Å². The van der Waals surface area contributed by atoms with Crippen LogP contribution in [0.2, 0.25) is 0 Å². The van der Waals surface area contributed by atoms with Gasteiger partial charge in [0.1, 0.15) is 6.61 Å². The number of imidazole rings is 1. The molecule has 9 nitrogen and oxygen atoms in total. The van der Waals surface area contributed by atoms with E-state index in [0.29, 0.717) is 11.5 Å². The molecular weight excluding hydrogens is 422 g/mol. The van der Waals surface area contributed by atoms with Gasteiger partial charge in [-0.2, -0.15) is 5.10 Å². The molecule has 0 aliphatic carbocycles. The van der Waals surface area contributed by atoms with E-state index in [2.05, 4.69) is 20.5 Å². The van der Waals surface area contributed by atoms with Crippen LogP contribution in [0.15, 0.2) is 59.7 Å². The molecule has 168 valence electrons. The molecule has 1 aromatic heterocycles. The minimum atomic E-state index is -0.498. The Hall–Kier alpha value is -4.40. The number of fused-ring (bicyclic) bond motifs is 1. The highest BCUT2D eigenvalue weighted by atomic mass is 16.6. The van der Waals surface area contributed by atoms with E-state index in [-0.39, 0.29) is 23.8 Å². The van der Waals surface area contributed by atoms with Crippen LogP contribution in [0.25, 0.3) is 11.0 Å². The average Bonchev–Trinajstić information content (AvgIpc) is 3.20. The summed E-state index contributed by atoms with van der Waals surface area (Å²) in [6, 6.07) is 16.6. The summed E-state index contributed by atoms with van der Waals surface area (Å²) in [5.74, 6) is 0.786. The van der Waals surface area contributed by atoms with Crippen LogP contribution < -0.4 is 14.9 Å². The molecule has 4 aromatic rings. The fraction of sp³-hybridized carbons (Fsp3) is 0.167. The smallest absolute Gasteiger partial charge is 0.315 e. The lowest BCUT2D eigenvalue weighted by atomic mass is 10.1. The topological polar surface area (TPSA) is 115 Å². The number of nitrogens with one attached hydrogen (secondary N) is 2. The number of aryl methyl sites for hydroxylation is 2. The number of aromatic amines is 1. The lowest BCUT2D eigenvalue weighted by molar-refractivity contribution is -0.386. The Morgan fingerprint density at radius 1 is 1.18 bits per heavy atom. The van der Waals surface area contributed by atoms with E-state index in [1.807, 2.05) is 56.3 Å². The Morgan fingerprint density at radius 2 is 2.00 bits per heavy atom. The van der Waals surface area contributed by atoms with Crippen LogP contribution in [0, 0.1) is 24.0 Å². The minimum Gasteiger partial charge on any atom is -0.493 e. The van der Waals surface area contributed by atoms with Crippen molar-refractivity contribution in [3.8, 4) is 11.5 Å². The second kappa shape index (κ2) is 9.39. The predicted octanol–water partition coefficient (Wildman–Crippen LogP) is 5.12. The number of methoxy groups -OCH3 is 1. The summed E-state index contributed by atoms with van der Waals surface area (Å²) >= 11 is 0. The maximum Gasteiger partial charge on any atom is 0.315 e. The zero-order valence-corrected chi connectivity index (χ0v) is 18.5. The number of nitro groups is 1. The molecule has 0 radical (unpaired) electrons. The van der Waals surface area contributed by atoms with Gasteiger partial charge in [-0.1, -0.05) is 30.3 Å². The summed E-state index contributed by atoms with van der Waals surface area (Å²) in [7, 11) is 1.44. The SMILES string of the molecule is COc1cc(/C=N\Nc2nc3ccc(C)cc3[nH]2)cc([N+](=O)[O-])c1OCc1ccccc1C. The van der Waals surface area contributed by atoms with Crippen molar-refractivity contribution in [2.75, 3.05) is 12.5 Å². The standard InChI is InChI=1S/C24H23N5O4/c1-15-8-9-19-20(10-15)27-24(26-19)28-25-13-17-11-21(29(30)31)23(22(12-17)32-3)33-14-18-7-5-4-6-16(18)2/h4-13H,14H2,1-3H3,(H2,26,27,28)/b25-13-. The van der Waals surface area contributed by atoms with Gasteiger partial charge >= 0.3 is 5.69 Å². The van der Waals surface area contributed by atoms with Crippen LogP contribution in [0.1, 0.15) is 22.3 Å². The average molecular weight is 445 g/mol. The van der Waals surface area contributed by atoms with Crippen molar-refractivity contribution in [3.05, 3.63) is 87.0 Å². The molecule has 0 bridgehead atoms. The molecule has 2 N–H and O–H groups in total. The van der Waals surface area contributed by atoms with Gasteiger partial charge < -0.3 is 14.5 Å². The van der Waals surface area contributed by atoms with Crippen molar-refractivity contribution in [2.24, 2.45) is 5.10 Å². The number of hydrogen-bond acceptors (Lipinski definition) is 7. The van der Waals surface area contributed by atoms with Crippen molar-refractivity contribution >= 4 is 28.9 Å². The molecule has 0 atom stereocenters. The monoisotopic (exact) mass is 445 g/mol. The highest BCUT2D eigenvalue weighted by molar-refractivity contribution is 5.84. The van der Waals surface area contributed by atoms with Crippen molar-refractivity contribution < 1.29 is 14.4 Å². The summed E-state index contributed by atoms with van der Waals surface area (Å²) in [5.41, 5.74) is 7.87. The maximum absolute atomic E-state index is 11.7. The number of nitro benzene ring substituents is 1. The Labute approximate surface area is 190 Å². The third-order valence-corrected chi connectivity index (χ3v) is 5.13. The molecule has 0 saturated carbocycles. The molecule has 0 saturated heterocycles. The normalized spacial score (nSPS) is 11.1. The van der Waals surface area contributed by atoms with Crippen molar-refractivity contribution in [2.45, 2.75) is 20.5 Å². The third-order valence-electron chi connectivity index (χ3n) is 5.13. The number of nitrogens with zero attached hydrogens (tertiary/aromatic N) is 3. The van der Waals surface area contributed by atoms with Crippen molar-refractivity contribution in [1.82, 2.24) is 9.97 Å². The lowest BCUT2D eigenvalue weighted by Crippen LogP contribution is -2.04. The van der Waals surface area contributed by atoms with Gasteiger partial charge in [0.15, 0.2) is 5.75 Å². The minimum absolute atomic E-state index is 0.0727. The molecule has 0 unspecified atom stereocenters. The second-order valence-corrected chi connectivity index (χ2v) is 7.52. The van der Waals surface area contributed by atoms with Gasteiger partial charge in [-0.3, -0.25) is 10.1 Å². The van der Waals surface area contributed by atoms with Gasteiger partial charge in [0.25, 0.3) is 0 Å². The van der Waals surface area contributed by atoms with Gasteiger partial charge in [0.2, 0.25) is 11.7 Å². The molecule has 4 rings (SSSR count). The molecule has 33 heavy (non-hydrogen) atoms. The first-order valence-corrected chi connectivity index (χ1v) is 10.2. The van der Waals surface area contributed by atoms with Crippen molar-refractivity contribution in [3.63, 3.8) is 0 Å². The first-order valence-electron chi connectivity index (χ1n) is 10.2. The lowest BCUT2D eigenvalue weighted by Gasteiger charge is -2.13. The zero-order chi connectivity index (χ0) is 23.4. The molecule has 0 aliphatic rings. The van der Waals surface area contributed by atoms with E-state index in [9.17, 15) is 10.1 Å². The van der Waals surface area contributed by atoms with E-state index >= 15 is 0 Å². The fourth-order valence-corrected chi connectivity index (χ4v) is 3.38. The zero-order valence-electron chi connectivity index (χ0n) is 18.5. The number of ether oxygens (including phenoxy) is 2. The molecule has 0 amide bonds. The number of hydrazone groups is 1. The summed E-state index contributed by atoms with van der Waals surface area (Å²) in [6.45, 7) is 4.14. The Bertz CT molecular complexity index is 1350. The number of anilines is 1. The van der Waals surface area contributed by atoms with E-state index < -0.39 is 4.92 Å². The summed E-state index contributed by atoms with van der Waals surface area (Å²) in [4.78, 5) is 18.8. The fourth-order valence-electron chi connectivity index (χ4n) is 3.38. The molecule has 0 aliphatic heterocycles. The maximum atomic E-state index is 11.7. The van der Waals surface area contributed by atoms with Gasteiger partial charge in [-0.05, 0) is 48.7 Å². The molecule has 0 fully saturated rings. The molecule has 0 spiro atoms. The van der Waals surface area contributed by atoms with Gasteiger partial charge in [0, 0.05) is 11.6 Å². The van der Waals surface area contributed by atoms with Crippen LogP contribution in [0.4, 0.5) is 11.6 Å². The number of H-pyrrole nitrogens is 1. The molecule has 3 aromatic carbocycles.